The molecule has 0 aromatic heterocycles. The van der Waals surface area contributed by atoms with E-state index >= 15 is 0 Å². The maximum atomic E-state index is 13.7. The molecule has 1 aliphatic rings. The van der Waals surface area contributed by atoms with Gasteiger partial charge in [-0.3, -0.25) is 4.90 Å². The molecule has 1 aromatic carbocycles. The summed E-state index contributed by atoms with van der Waals surface area (Å²) in [5.74, 6) is -0.214. The Kier molecular flexibility index (Phi) is 3.84. The van der Waals surface area contributed by atoms with E-state index in [1.54, 1.807) is 12.1 Å². The Morgan fingerprint density at radius 3 is 2.53 bits per heavy atom. The minimum Gasteiger partial charge on any atom is -0.399 e. The Morgan fingerprint density at radius 2 is 1.94 bits per heavy atom. The largest absolute Gasteiger partial charge is 0.399 e. The minimum atomic E-state index is -0.214. The van der Waals surface area contributed by atoms with Gasteiger partial charge in [0.1, 0.15) is 5.82 Å². The zero-order chi connectivity index (χ0) is 12.3. The van der Waals surface area contributed by atoms with E-state index in [0.717, 1.165) is 32.7 Å². The molecule has 2 rings (SSSR count). The molecule has 1 aliphatic heterocycles. The van der Waals surface area contributed by atoms with E-state index in [2.05, 4.69) is 16.7 Å². The summed E-state index contributed by atoms with van der Waals surface area (Å²) in [6.07, 6.45) is 1.18. The second kappa shape index (κ2) is 5.36. The lowest BCUT2D eigenvalue weighted by Crippen LogP contribution is -2.46. The molecule has 1 heterocycles. The van der Waals surface area contributed by atoms with Crippen LogP contribution in [-0.2, 0) is 0 Å². The van der Waals surface area contributed by atoms with Crippen LogP contribution in [0.1, 0.15) is 13.3 Å². The molecule has 0 saturated carbocycles. The minimum absolute atomic E-state index is 0.214. The molecule has 94 valence electrons. The summed E-state index contributed by atoms with van der Waals surface area (Å²) >= 11 is 0. The van der Waals surface area contributed by atoms with E-state index in [9.17, 15) is 4.39 Å². The van der Waals surface area contributed by atoms with Crippen molar-refractivity contribution in [3.63, 3.8) is 0 Å². The van der Waals surface area contributed by atoms with Crippen molar-refractivity contribution in [2.24, 2.45) is 0 Å². The van der Waals surface area contributed by atoms with Crippen molar-refractivity contribution < 1.29 is 4.39 Å². The van der Waals surface area contributed by atoms with Gasteiger partial charge in [-0.25, -0.2) is 4.39 Å². The number of hydrogen-bond donors (Lipinski definition) is 1. The van der Waals surface area contributed by atoms with Crippen LogP contribution in [0.15, 0.2) is 18.2 Å². The van der Waals surface area contributed by atoms with Gasteiger partial charge in [-0.1, -0.05) is 6.92 Å². The monoisotopic (exact) mass is 237 g/mol. The molecular weight excluding hydrogens is 217 g/mol. The predicted molar refractivity (Wildman–Crippen MR) is 69.8 cm³/mol. The first-order valence-electron chi connectivity index (χ1n) is 6.23. The van der Waals surface area contributed by atoms with Gasteiger partial charge in [0.25, 0.3) is 0 Å². The summed E-state index contributed by atoms with van der Waals surface area (Å²) < 4.78 is 13.7. The predicted octanol–water partition coefficient (Wildman–Crippen LogP) is 1.94. The molecule has 4 heteroatoms. The third kappa shape index (κ3) is 2.88. The van der Waals surface area contributed by atoms with E-state index in [-0.39, 0.29) is 5.82 Å². The Hall–Kier alpha value is -1.29. The first-order valence-corrected chi connectivity index (χ1v) is 6.23. The van der Waals surface area contributed by atoms with Crippen LogP contribution in [0.5, 0.6) is 0 Å². The van der Waals surface area contributed by atoms with Crippen molar-refractivity contribution in [2.75, 3.05) is 43.4 Å². The van der Waals surface area contributed by atoms with Crippen molar-refractivity contribution in [2.45, 2.75) is 13.3 Å². The first kappa shape index (κ1) is 12.2. The van der Waals surface area contributed by atoms with E-state index in [1.165, 1.54) is 12.5 Å². The van der Waals surface area contributed by atoms with Crippen LogP contribution >= 0.6 is 0 Å². The molecule has 0 unspecified atom stereocenters. The van der Waals surface area contributed by atoms with Gasteiger partial charge in [0.05, 0.1) is 5.69 Å². The average molecular weight is 237 g/mol. The average Bonchev–Trinajstić information content (AvgIpc) is 2.31. The Morgan fingerprint density at radius 1 is 1.24 bits per heavy atom. The van der Waals surface area contributed by atoms with Gasteiger partial charge in [0, 0.05) is 31.9 Å². The lowest BCUT2D eigenvalue weighted by atomic mass is 10.2. The van der Waals surface area contributed by atoms with Gasteiger partial charge >= 0.3 is 0 Å². The van der Waals surface area contributed by atoms with Gasteiger partial charge in [-0.15, -0.1) is 0 Å². The van der Waals surface area contributed by atoms with Gasteiger partial charge < -0.3 is 10.6 Å². The van der Waals surface area contributed by atoms with Crippen LogP contribution in [0, 0.1) is 5.82 Å². The summed E-state index contributed by atoms with van der Waals surface area (Å²) in [4.78, 5) is 4.52. The first-order chi connectivity index (χ1) is 8.20. The van der Waals surface area contributed by atoms with E-state index in [0.29, 0.717) is 11.4 Å². The number of hydrogen-bond acceptors (Lipinski definition) is 3. The molecule has 1 saturated heterocycles. The fourth-order valence-electron chi connectivity index (χ4n) is 2.31. The van der Waals surface area contributed by atoms with Crippen molar-refractivity contribution >= 4 is 11.4 Å². The highest BCUT2D eigenvalue weighted by Crippen LogP contribution is 2.22. The zero-order valence-electron chi connectivity index (χ0n) is 10.3. The fraction of sp³-hybridized carbons (Fsp3) is 0.538. The summed E-state index contributed by atoms with van der Waals surface area (Å²) in [5, 5.41) is 0. The number of anilines is 2. The van der Waals surface area contributed by atoms with Gasteiger partial charge in [-0.05, 0) is 31.2 Å². The zero-order valence-corrected chi connectivity index (χ0v) is 10.3. The highest BCUT2D eigenvalue weighted by molar-refractivity contribution is 5.54. The molecule has 1 fully saturated rings. The number of halogens is 1. The number of nitrogen functional groups attached to an aromatic ring is 1. The van der Waals surface area contributed by atoms with Gasteiger partial charge in [0.15, 0.2) is 0 Å². The summed E-state index contributed by atoms with van der Waals surface area (Å²) in [6.45, 7) is 7.13. The number of nitrogens with zero attached hydrogens (tertiary/aromatic N) is 2. The van der Waals surface area contributed by atoms with Crippen LogP contribution < -0.4 is 10.6 Å². The molecule has 0 bridgehead atoms. The van der Waals surface area contributed by atoms with Crippen molar-refractivity contribution in [3.8, 4) is 0 Å². The maximum absolute atomic E-state index is 13.7. The molecule has 0 radical (unpaired) electrons. The third-order valence-electron chi connectivity index (χ3n) is 3.22. The summed E-state index contributed by atoms with van der Waals surface area (Å²) in [7, 11) is 0. The summed E-state index contributed by atoms with van der Waals surface area (Å²) in [5.41, 5.74) is 6.71. The van der Waals surface area contributed by atoms with Crippen molar-refractivity contribution in [1.29, 1.82) is 0 Å². The normalized spacial score (nSPS) is 17.4. The standard InChI is InChI=1S/C13H20FN3/c1-2-5-16-6-8-17(9-7-16)13-4-3-11(15)10-12(13)14/h3-4,10H,2,5-9,15H2,1H3. The molecule has 0 aliphatic carbocycles. The highest BCUT2D eigenvalue weighted by atomic mass is 19.1. The highest BCUT2D eigenvalue weighted by Gasteiger charge is 2.18. The van der Waals surface area contributed by atoms with E-state index in [4.69, 9.17) is 5.73 Å². The lowest BCUT2D eigenvalue weighted by Gasteiger charge is -2.36. The summed E-state index contributed by atoms with van der Waals surface area (Å²) in [6, 6.07) is 4.94. The smallest absolute Gasteiger partial charge is 0.148 e. The quantitative estimate of drug-likeness (QED) is 0.815. The number of benzene rings is 1. The lowest BCUT2D eigenvalue weighted by molar-refractivity contribution is 0.258. The second-order valence-corrected chi connectivity index (χ2v) is 4.54. The van der Waals surface area contributed by atoms with E-state index in [1.807, 2.05) is 0 Å². The molecule has 0 atom stereocenters. The fourth-order valence-corrected chi connectivity index (χ4v) is 2.31. The van der Waals surface area contributed by atoms with Crippen LogP contribution in [-0.4, -0.2) is 37.6 Å². The Labute approximate surface area is 102 Å². The Balaban J connectivity index is 2.00. The van der Waals surface area contributed by atoms with Crippen molar-refractivity contribution in [3.05, 3.63) is 24.0 Å². The van der Waals surface area contributed by atoms with Crippen LogP contribution in [0.2, 0.25) is 0 Å². The number of nitrogens with two attached hydrogens (primary N) is 1. The van der Waals surface area contributed by atoms with Gasteiger partial charge in [-0.2, -0.15) is 0 Å². The van der Waals surface area contributed by atoms with Crippen LogP contribution in [0.3, 0.4) is 0 Å². The van der Waals surface area contributed by atoms with Gasteiger partial charge in [0.2, 0.25) is 0 Å². The molecule has 2 N–H and O–H groups in total. The molecule has 3 nitrogen and oxygen atoms in total. The van der Waals surface area contributed by atoms with Crippen molar-refractivity contribution in [1.82, 2.24) is 4.90 Å². The van der Waals surface area contributed by atoms with E-state index < -0.39 is 0 Å². The SMILES string of the molecule is CCCN1CCN(c2ccc(N)cc2F)CC1. The van der Waals surface area contributed by atoms with Crippen LogP contribution in [0.25, 0.3) is 0 Å². The second-order valence-electron chi connectivity index (χ2n) is 4.54. The van der Waals surface area contributed by atoms with Crippen LogP contribution in [0.4, 0.5) is 15.8 Å². The number of rotatable bonds is 3. The molecular formula is C13H20FN3. The molecule has 0 amide bonds. The number of piperazine rings is 1. The topological polar surface area (TPSA) is 32.5 Å². The molecule has 17 heavy (non-hydrogen) atoms. The third-order valence-corrected chi connectivity index (χ3v) is 3.22. The Bertz CT molecular complexity index is 373. The maximum Gasteiger partial charge on any atom is 0.148 e. The molecule has 1 aromatic rings. The molecule has 0 spiro atoms.